The third kappa shape index (κ3) is 5.59. The van der Waals surface area contributed by atoms with Gasteiger partial charge in [0.15, 0.2) is 5.82 Å². The van der Waals surface area contributed by atoms with E-state index in [-0.39, 0.29) is 0 Å². The highest BCUT2D eigenvalue weighted by Crippen LogP contribution is 2.09. The van der Waals surface area contributed by atoms with Crippen LogP contribution in [0.15, 0.2) is 16.9 Å². The molecule has 2 rings (SSSR count). The first-order valence-electron chi connectivity index (χ1n) is 8.22. The van der Waals surface area contributed by atoms with Crippen molar-refractivity contribution < 1.29 is 4.52 Å². The molecule has 23 heavy (non-hydrogen) atoms. The minimum atomic E-state index is 0.323. The summed E-state index contributed by atoms with van der Waals surface area (Å²) in [6, 6.07) is 0.323. The topological polar surface area (TPSA) is 80.0 Å². The molecule has 1 N–H and O–H groups in total. The molecular weight excluding hydrogens is 292 g/mol. The summed E-state index contributed by atoms with van der Waals surface area (Å²) < 4.78 is 5.23. The molecule has 0 aromatic carbocycles. The lowest BCUT2D eigenvalue weighted by molar-refractivity contribution is 0.258. The van der Waals surface area contributed by atoms with Crippen molar-refractivity contribution >= 4 is 5.95 Å². The summed E-state index contributed by atoms with van der Waals surface area (Å²) in [7, 11) is 0. The summed E-state index contributed by atoms with van der Waals surface area (Å²) in [5.74, 6) is 2.11. The number of hydrogen-bond donors (Lipinski definition) is 1. The molecule has 0 aliphatic carbocycles. The van der Waals surface area contributed by atoms with E-state index < -0.39 is 0 Å². The van der Waals surface area contributed by atoms with Crippen LogP contribution in [-0.2, 0) is 19.5 Å². The van der Waals surface area contributed by atoms with E-state index in [1.165, 1.54) is 0 Å². The largest absolute Gasteiger partial charge is 0.352 e. The van der Waals surface area contributed by atoms with Crippen LogP contribution in [0.5, 0.6) is 0 Å². The quantitative estimate of drug-likeness (QED) is 0.761. The van der Waals surface area contributed by atoms with Crippen LogP contribution in [0.3, 0.4) is 0 Å². The molecule has 0 atom stereocenters. The van der Waals surface area contributed by atoms with Gasteiger partial charge in [0.05, 0.1) is 6.54 Å². The van der Waals surface area contributed by atoms with E-state index in [9.17, 15) is 0 Å². The summed E-state index contributed by atoms with van der Waals surface area (Å²) in [5, 5.41) is 7.23. The monoisotopic (exact) mass is 318 g/mol. The van der Waals surface area contributed by atoms with Crippen LogP contribution in [-0.4, -0.2) is 37.6 Å². The molecule has 0 spiro atoms. The third-order valence-corrected chi connectivity index (χ3v) is 3.32. The number of aryl methyl sites for hydroxylation is 1. The SMILES string of the molecule is CCCc1nc(CN(CC)Cc2cnc(NC(C)C)nc2)no1. The fourth-order valence-electron chi connectivity index (χ4n) is 2.18. The lowest BCUT2D eigenvalue weighted by atomic mass is 10.3. The normalized spacial score (nSPS) is 11.4. The molecule has 0 amide bonds. The Labute approximate surface area is 137 Å². The Morgan fingerprint density at radius 1 is 1.17 bits per heavy atom. The molecule has 0 unspecified atom stereocenters. The van der Waals surface area contributed by atoms with Crippen molar-refractivity contribution in [1.82, 2.24) is 25.0 Å². The zero-order valence-corrected chi connectivity index (χ0v) is 14.4. The van der Waals surface area contributed by atoms with Gasteiger partial charge in [-0.15, -0.1) is 0 Å². The molecule has 2 aromatic rings. The smallest absolute Gasteiger partial charge is 0.226 e. The van der Waals surface area contributed by atoms with Crippen LogP contribution in [0.25, 0.3) is 0 Å². The lowest BCUT2D eigenvalue weighted by Gasteiger charge is -2.18. The maximum atomic E-state index is 5.23. The summed E-state index contributed by atoms with van der Waals surface area (Å²) in [6.45, 7) is 10.7. The zero-order valence-electron chi connectivity index (χ0n) is 14.4. The number of nitrogens with one attached hydrogen (secondary N) is 1. The Kier molecular flexibility index (Phi) is 6.46. The van der Waals surface area contributed by atoms with Gasteiger partial charge in [0.25, 0.3) is 0 Å². The number of hydrogen-bond acceptors (Lipinski definition) is 7. The van der Waals surface area contributed by atoms with Crippen LogP contribution >= 0.6 is 0 Å². The molecular formula is C16H26N6O. The van der Waals surface area contributed by atoms with Crippen molar-refractivity contribution in [3.63, 3.8) is 0 Å². The van der Waals surface area contributed by atoms with Crippen molar-refractivity contribution in [2.24, 2.45) is 0 Å². The van der Waals surface area contributed by atoms with Gasteiger partial charge in [0.1, 0.15) is 0 Å². The van der Waals surface area contributed by atoms with Gasteiger partial charge < -0.3 is 9.84 Å². The van der Waals surface area contributed by atoms with E-state index in [0.717, 1.165) is 37.3 Å². The van der Waals surface area contributed by atoms with E-state index in [4.69, 9.17) is 4.52 Å². The molecule has 0 saturated heterocycles. The number of aromatic nitrogens is 4. The average molecular weight is 318 g/mol. The molecule has 0 saturated carbocycles. The molecule has 7 heteroatoms. The Balaban J connectivity index is 1.92. The van der Waals surface area contributed by atoms with Crippen molar-refractivity contribution in [1.29, 1.82) is 0 Å². The second-order valence-corrected chi connectivity index (χ2v) is 5.87. The number of nitrogens with zero attached hydrogens (tertiary/aromatic N) is 5. The van der Waals surface area contributed by atoms with E-state index in [1.807, 2.05) is 12.4 Å². The summed E-state index contributed by atoms with van der Waals surface area (Å²) in [4.78, 5) is 15.3. The van der Waals surface area contributed by atoms with Gasteiger partial charge in [-0.05, 0) is 26.8 Å². The Morgan fingerprint density at radius 3 is 2.52 bits per heavy atom. The van der Waals surface area contributed by atoms with Crippen LogP contribution in [0.1, 0.15) is 51.4 Å². The standard InChI is InChI=1S/C16H26N6O/c1-5-7-15-20-14(21-23-15)11-22(6-2)10-13-8-17-16(18-9-13)19-12(3)4/h8-9,12H,5-7,10-11H2,1-4H3,(H,17,18,19). The lowest BCUT2D eigenvalue weighted by Crippen LogP contribution is -2.23. The number of anilines is 1. The summed E-state index contributed by atoms with van der Waals surface area (Å²) in [6.07, 6.45) is 5.56. The van der Waals surface area contributed by atoms with Crippen molar-refractivity contribution in [3.8, 4) is 0 Å². The predicted molar refractivity (Wildman–Crippen MR) is 88.9 cm³/mol. The molecule has 0 fully saturated rings. The van der Waals surface area contributed by atoms with Crippen molar-refractivity contribution in [2.75, 3.05) is 11.9 Å². The fraction of sp³-hybridized carbons (Fsp3) is 0.625. The highest BCUT2D eigenvalue weighted by molar-refractivity contribution is 5.25. The maximum Gasteiger partial charge on any atom is 0.226 e. The predicted octanol–water partition coefficient (Wildman–Crippen LogP) is 2.65. The Morgan fingerprint density at radius 2 is 1.91 bits per heavy atom. The Bertz CT molecular complexity index is 581. The van der Waals surface area contributed by atoms with Crippen LogP contribution in [0.2, 0.25) is 0 Å². The molecule has 2 heterocycles. The summed E-state index contributed by atoms with van der Waals surface area (Å²) >= 11 is 0. The zero-order chi connectivity index (χ0) is 16.7. The van der Waals surface area contributed by atoms with Gasteiger partial charge in [0, 0.05) is 37.0 Å². The van der Waals surface area contributed by atoms with Crippen molar-refractivity contribution in [2.45, 2.75) is 59.7 Å². The second kappa shape index (κ2) is 8.57. The molecule has 7 nitrogen and oxygen atoms in total. The number of rotatable bonds is 9. The summed E-state index contributed by atoms with van der Waals surface area (Å²) in [5.41, 5.74) is 1.07. The molecule has 0 aliphatic heterocycles. The minimum Gasteiger partial charge on any atom is -0.352 e. The third-order valence-electron chi connectivity index (χ3n) is 3.32. The van der Waals surface area contributed by atoms with Crippen LogP contribution in [0, 0.1) is 0 Å². The van der Waals surface area contributed by atoms with Crippen LogP contribution < -0.4 is 5.32 Å². The van der Waals surface area contributed by atoms with Gasteiger partial charge in [-0.1, -0.05) is 19.0 Å². The first kappa shape index (κ1) is 17.3. The average Bonchev–Trinajstić information content (AvgIpc) is 2.95. The molecule has 0 radical (unpaired) electrons. The highest BCUT2D eigenvalue weighted by Gasteiger charge is 2.11. The first-order chi connectivity index (χ1) is 11.1. The van der Waals surface area contributed by atoms with E-state index in [2.05, 4.69) is 58.0 Å². The molecule has 0 bridgehead atoms. The highest BCUT2D eigenvalue weighted by atomic mass is 16.5. The maximum absolute atomic E-state index is 5.23. The van der Waals surface area contributed by atoms with E-state index in [1.54, 1.807) is 0 Å². The second-order valence-electron chi connectivity index (χ2n) is 5.87. The molecule has 126 valence electrons. The van der Waals surface area contributed by atoms with Gasteiger partial charge in [-0.2, -0.15) is 4.98 Å². The minimum absolute atomic E-state index is 0.323. The van der Waals surface area contributed by atoms with Crippen molar-refractivity contribution in [3.05, 3.63) is 29.7 Å². The Hall–Kier alpha value is -2.02. The van der Waals surface area contributed by atoms with Gasteiger partial charge >= 0.3 is 0 Å². The first-order valence-corrected chi connectivity index (χ1v) is 8.22. The van der Waals surface area contributed by atoms with Gasteiger partial charge in [0.2, 0.25) is 11.8 Å². The van der Waals surface area contributed by atoms with E-state index >= 15 is 0 Å². The molecule has 2 aromatic heterocycles. The van der Waals surface area contributed by atoms with Gasteiger partial charge in [-0.25, -0.2) is 9.97 Å². The van der Waals surface area contributed by atoms with E-state index in [0.29, 0.717) is 24.4 Å². The fourth-order valence-corrected chi connectivity index (χ4v) is 2.18. The molecule has 0 aliphatic rings. The van der Waals surface area contributed by atoms with Gasteiger partial charge in [-0.3, -0.25) is 4.90 Å². The van der Waals surface area contributed by atoms with Crippen LogP contribution in [0.4, 0.5) is 5.95 Å².